The Kier molecular flexibility index (Phi) is 6.32. The molecule has 2 aromatic carbocycles. The first-order chi connectivity index (χ1) is 14.4. The summed E-state index contributed by atoms with van der Waals surface area (Å²) in [5.41, 5.74) is 1.23. The number of benzene rings is 2. The van der Waals surface area contributed by atoms with Crippen molar-refractivity contribution in [2.24, 2.45) is 5.92 Å². The number of amides is 2. The summed E-state index contributed by atoms with van der Waals surface area (Å²) >= 11 is 0. The second-order valence-corrected chi connectivity index (χ2v) is 6.80. The van der Waals surface area contributed by atoms with Crippen molar-refractivity contribution in [1.82, 2.24) is 0 Å². The molecule has 1 heterocycles. The summed E-state index contributed by atoms with van der Waals surface area (Å²) in [6.45, 7) is 1.58. The third-order valence-corrected chi connectivity index (χ3v) is 4.80. The van der Waals surface area contributed by atoms with Crippen molar-refractivity contribution in [2.75, 3.05) is 23.9 Å². The van der Waals surface area contributed by atoms with Crippen LogP contribution < -0.4 is 15.0 Å². The lowest BCUT2D eigenvalue weighted by Crippen LogP contribution is -2.33. The van der Waals surface area contributed by atoms with E-state index >= 15 is 0 Å². The largest absolute Gasteiger partial charge is 0.495 e. The van der Waals surface area contributed by atoms with E-state index < -0.39 is 23.9 Å². The summed E-state index contributed by atoms with van der Waals surface area (Å²) in [7, 11) is 1.51. The number of rotatable bonds is 6. The fourth-order valence-electron chi connectivity index (χ4n) is 3.20. The number of carbonyl (C=O) groups is 3. The van der Waals surface area contributed by atoms with Gasteiger partial charge in [-0.05, 0) is 31.2 Å². The molecule has 2 aromatic rings. The summed E-state index contributed by atoms with van der Waals surface area (Å²) in [6.07, 6.45) is -1.10. The fraction of sp³-hybridized carbons (Fsp3) is 0.273. The van der Waals surface area contributed by atoms with Crippen LogP contribution in [-0.2, 0) is 19.1 Å². The molecule has 0 unspecified atom stereocenters. The van der Waals surface area contributed by atoms with Crippen molar-refractivity contribution in [1.29, 1.82) is 5.26 Å². The van der Waals surface area contributed by atoms with Crippen LogP contribution in [0.1, 0.15) is 18.9 Å². The van der Waals surface area contributed by atoms with Crippen LogP contribution in [-0.4, -0.2) is 37.5 Å². The molecule has 8 nitrogen and oxygen atoms in total. The number of para-hydroxylation sites is 3. The maximum Gasteiger partial charge on any atom is 0.312 e. The first kappa shape index (κ1) is 20.9. The molecule has 1 aliphatic rings. The van der Waals surface area contributed by atoms with Crippen LogP contribution in [0.25, 0.3) is 0 Å². The van der Waals surface area contributed by atoms with Gasteiger partial charge in [-0.1, -0.05) is 24.3 Å². The molecule has 3 rings (SSSR count). The quantitative estimate of drug-likeness (QED) is 0.737. The summed E-state index contributed by atoms with van der Waals surface area (Å²) in [4.78, 5) is 38.8. The molecule has 1 N–H and O–H groups in total. The maximum absolute atomic E-state index is 12.5. The standard InChI is InChI=1S/C22H21N3O5/c1-14(21(27)24-17-8-4-3-7-15(17)12-23)30-22(28)16-11-20(26)25(13-16)18-9-5-6-10-19(18)29-2/h3-10,14,16H,11,13H2,1-2H3,(H,24,27)/t14-,16+/m1/s1. The Labute approximate surface area is 174 Å². The van der Waals surface area contributed by atoms with Crippen molar-refractivity contribution in [3.63, 3.8) is 0 Å². The maximum atomic E-state index is 12.5. The van der Waals surface area contributed by atoms with E-state index in [1.165, 1.54) is 18.9 Å². The second kappa shape index (κ2) is 9.09. The Hall–Kier alpha value is -3.86. The first-order valence-corrected chi connectivity index (χ1v) is 9.38. The van der Waals surface area contributed by atoms with Gasteiger partial charge in [0.1, 0.15) is 11.8 Å². The third-order valence-electron chi connectivity index (χ3n) is 4.80. The Morgan fingerprint density at radius 1 is 1.20 bits per heavy atom. The Morgan fingerprint density at radius 2 is 1.90 bits per heavy atom. The van der Waals surface area contributed by atoms with Gasteiger partial charge in [-0.25, -0.2) is 0 Å². The zero-order valence-corrected chi connectivity index (χ0v) is 16.6. The number of nitrogens with one attached hydrogen (secondary N) is 1. The van der Waals surface area contributed by atoms with Crippen molar-refractivity contribution in [2.45, 2.75) is 19.4 Å². The Balaban J connectivity index is 1.62. The van der Waals surface area contributed by atoms with Crippen molar-refractivity contribution >= 4 is 29.2 Å². The van der Waals surface area contributed by atoms with Crippen LogP contribution in [0.4, 0.5) is 11.4 Å². The Bertz CT molecular complexity index is 1010. The molecule has 1 aliphatic heterocycles. The van der Waals surface area contributed by atoms with Gasteiger partial charge in [0.25, 0.3) is 5.91 Å². The molecular weight excluding hydrogens is 386 g/mol. The number of nitriles is 1. The van der Waals surface area contributed by atoms with E-state index in [-0.39, 0.29) is 18.9 Å². The second-order valence-electron chi connectivity index (χ2n) is 6.80. The lowest BCUT2D eigenvalue weighted by Gasteiger charge is -2.20. The van der Waals surface area contributed by atoms with Gasteiger partial charge in [0.15, 0.2) is 6.10 Å². The van der Waals surface area contributed by atoms with Crippen LogP contribution in [0.3, 0.4) is 0 Å². The van der Waals surface area contributed by atoms with Crippen LogP contribution in [0.15, 0.2) is 48.5 Å². The van der Waals surface area contributed by atoms with Gasteiger partial charge < -0.3 is 19.7 Å². The minimum absolute atomic E-state index is 0.0114. The van der Waals surface area contributed by atoms with Crippen molar-refractivity contribution < 1.29 is 23.9 Å². The average Bonchev–Trinajstić information content (AvgIpc) is 3.15. The Morgan fingerprint density at radius 3 is 2.63 bits per heavy atom. The molecule has 0 spiro atoms. The van der Waals surface area contributed by atoms with Crippen molar-refractivity contribution in [3.05, 3.63) is 54.1 Å². The first-order valence-electron chi connectivity index (χ1n) is 9.38. The molecule has 0 aliphatic carbocycles. The van der Waals surface area contributed by atoms with Gasteiger partial charge in [0, 0.05) is 13.0 Å². The van der Waals surface area contributed by atoms with Gasteiger partial charge in [-0.2, -0.15) is 5.26 Å². The zero-order chi connectivity index (χ0) is 21.7. The zero-order valence-electron chi connectivity index (χ0n) is 16.6. The van der Waals surface area contributed by atoms with E-state index in [9.17, 15) is 14.4 Å². The highest BCUT2D eigenvalue weighted by Gasteiger charge is 2.38. The minimum atomic E-state index is -1.08. The number of anilines is 2. The molecule has 2 atom stereocenters. The minimum Gasteiger partial charge on any atom is -0.495 e. The highest BCUT2D eigenvalue weighted by molar-refractivity contribution is 6.01. The molecule has 0 aromatic heterocycles. The molecule has 1 fully saturated rings. The summed E-state index contributed by atoms with van der Waals surface area (Å²) in [6, 6.07) is 15.6. The van der Waals surface area contributed by atoms with Gasteiger partial charge >= 0.3 is 5.97 Å². The molecule has 0 saturated carbocycles. The molecule has 1 saturated heterocycles. The SMILES string of the molecule is COc1ccccc1N1C[C@@H](C(=O)O[C@H](C)C(=O)Nc2ccccc2C#N)CC1=O. The van der Waals surface area contributed by atoms with Gasteiger partial charge in [0.05, 0.1) is 30.0 Å². The lowest BCUT2D eigenvalue weighted by molar-refractivity contribution is -0.157. The number of ether oxygens (including phenoxy) is 2. The van der Waals surface area contributed by atoms with Gasteiger partial charge in [-0.3, -0.25) is 14.4 Å². The number of esters is 1. The van der Waals surface area contributed by atoms with E-state index in [1.54, 1.807) is 48.5 Å². The number of hydrogen-bond donors (Lipinski definition) is 1. The summed E-state index contributed by atoms with van der Waals surface area (Å²) in [5.74, 6) is -1.57. The number of nitrogens with zero attached hydrogens (tertiary/aromatic N) is 2. The van der Waals surface area contributed by atoms with Gasteiger partial charge in [-0.15, -0.1) is 0 Å². The number of hydrogen-bond acceptors (Lipinski definition) is 6. The van der Waals surface area contributed by atoms with Crippen LogP contribution in [0.2, 0.25) is 0 Å². The molecule has 2 amide bonds. The third kappa shape index (κ3) is 4.41. The monoisotopic (exact) mass is 407 g/mol. The smallest absolute Gasteiger partial charge is 0.312 e. The topological polar surface area (TPSA) is 109 Å². The van der Waals surface area contributed by atoms with E-state index in [1.807, 2.05) is 6.07 Å². The number of methoxy groups -OCH3 is 1. The van der Waals surface area contributed by atoms with Crippen LogP contribution in [0, 0.1) is 17.2 Å². The molecule has 0 bridgehead atoms. The summed E-state index contributed by atoms with van der Waals surface area (Å²) in [5, 5.41) is 11.7. The lowest BCUT2D eigenvalue weighted by atomic mass is 10.1. The normalized spacial score (nSPS) is 16.5. The van der Waals surface area contributed by atoms with E-state index in [2.05, 4.69) is 5.32 Å². The predicted molar refractivity (Wildman–Crippen MR) is 109 cm³/mol. The molecule has 0 radical (unpaired) electrons. The molecule has 8 heteroatoms. The van der Waals surface area contributed by atoms with E-state index in [0.717, 1.165) is 0 Å². The van der Waals surface area contributed by atoms with E-state index in [0.29, 0.717) is 22.7 Å². The molecule has 154 valence electrons. The highest BCUT2D eigenvalue weighted by atomic mass is 16.5. The predicted octanol–water partition coefficient (Wildman–Crippen LogP) is 2.49. The highest BCUT2D eigenvalue weighted by Crippen LogP contribution is 2.33. The fourth-order valence-corrected chi connectivity index (χ4v) is 3.20. The van der Waals surface area contributed by atoms with Crippen molar-refractivity contribution in [3.8, 4) is 11.8 Å². The van der Waals surface area contributed by atoms with Crippen LogP contribution >= 0.6 is 0 Å². The molecular formula is C22H21N3O5. The molecule has 30 heavy (non-hydrogen) atoms. The van der Waals surface area contributed by atoms with Crippen LogP contribution in [0.5, 0.6) is 5.75 Å². The van der Waals surface area contributed by atoms with Gasteiger partial charge in [0.2, 0.25) is 5.91 Å². The van der Waals surface area contributed by atoms with E-state index in [4.69, 9.17) is 14.7 Å². The number of carbonyl (C=O) groups excluding carboxylic acids is 3. The average molecular weight is 407 g/mol. The summed E-state index contributed by atoms with van der Waals surface area (Å²) < 4.78 is 10.6.